The minimum atomic E-state index is -0.814. The van der Waals surface area contributed by atoms with Crippen LogP contribution in [-0.4, -0.2) is 34.0 Å². The summed E-state index contributed by atoms with van der Waals surface area (Å²) in [6.07, 6.45) is 0.137. The normalized spacial score (nSPS) is 34.5. The first-order valence-corrected chi connectivity index (χ1v) is 6.33. The fourth-order valence-corrected chi connectivity index (χ4v) is 2.33. The summed E-state index contributed by atoms with van der Waals surface area (Å²) >= 11 is 0. The SMILES string of the molecule is CCC1CC(C(=O)OC(C)(C)C)CC(O)C1O. The van der Waals surface area contributed by atoms with E-state index in [0.29, 0.717) is 12.8 Å². The van der Waals surface area contributed by atoms with Crippen LogP contribution < -0.4 is 0 Å². The Kier molecular flexibility index (Phi) is 4.55. The Labute approximate surface area is 103 Å². The van der Waals surface area contributed by atoms with Crippen molar-refractivity contribution in [3.05, 3.63) is 0 Å². The van der Waals surface area contributed by atoms with Crippen molar-refractivity contribution in [1.82, 2.24) is 0 Å². The van der Waals surface area contributed by atoms with Crippen LogP contribution in [-0.2, 0) is 9.53 Å². The third-order valence-electron chi connectivity index (χ3n) is 3.25. The van der Waals surface area contributed by atoms with E-state index in [1.807, 2.05) is 27.7 Å². The van der Waals surface area contributed by atoms with Crippen molar-refractivity contribution in [3.63, 3.8) is 0 Å². The minimum absolute atomic E-state index is 0.0173. The molecule has 0 spiro atoms. The molecule has 1 rings (SSSR count). The largest absolute Gasteiger partial charge is 0.460 e. The third kappa shape index (κ3) is 3.96. The van der Waals surface area contributed by atoms with E-state index in [4.69, 9.17) is 4.74 Å². The van der Waals surface area contributed by atoms with Crippen LogP contribution in [0.3, 0.4) is 0 Å². The minimum Gasteiger partial charge on any atom is -0.460 e. The summed E-state index contributed by atoms with van der Waals surface area (Å²) in [7, 11) is 0. The highest BCUT2D eigenvalue weighted by Crippen LogP contribution is 2.33. The fraction of sp³-hybridized carbons (Fsp3) is 0.923. The predicted octanol–water partition coefficient (Wildman–Crippen LogP) is 1.49. The number of hydrogen-bond acceptors (Lipinski definition) is 4. The lowest BCUT2D eigenvalue weighted by Crippen LogP contribution is -2.44. The Morgan fingerprint density at radius 2 is 1.88 bits per heavy atom. The van der Waals surface area contributed by atoms with Gasteiger partial charge in [0.1, 0.15) is 5.60 Å². The standard InChI is InChI=1S/C13H24O4/c1-5-8-6-9(7-10(14)11(8)15)12(16)17-13(2,3)4/h8-11,14-15H,5-7H2,1-4H3. The first-order chi connectivity index (χ1) is 7.74. The van der Waals surface area contributed by atoms with Crippen molar-refractivity contribution < 1.29 is 19.7 Å². The first-order valence-electron chi connectivity index (χ1n) is 6.33. The summed E-state index contributed by atoms with van der Waals surface area (Å²) in [5.41, 5.74) is -0.500. The summed E-state index contributed by atoms with van der Waals surface area (Å²) in [6, 6.07) is 0. The number of carbonyl (C=O) groups excluding carboxylic acids is 1. The maximum atomic E-state index is 11.9. The van der Waals surface area contributed by atoms with Crippen LogP contribution in [0.1, 0.15) is 47.0 Å². The Bertz CT molecular complexity index is 269. The van der Waals surface area contributed by atoms with Crippen molar-refractivity contribution in [2.45, 2.75) is 64.8 Å². The van der Waals surface area contributed by atoms with E-state index >= 15 is 0 Å². The maximum Gasteiger partial charge on any atom is 0.309 e. The number of rotatable bonds is 2. The first kappa shape index (κ1) is 14.5. The third-order valence-corrected chi connectivity index (χ3v) is 3.25. The van der Waals surface area contributed by atoms with Crippen LogP contribution in [0, 0.1) is 11.8 Å². The molecule has 0 bridgehead atoms. The second-order valence-corrected chi connectivity index (χ2v) is 5.93. The molecule has 0 amide bonds. The average molecular weight is 244 g/mol. The molecule has 0 radical (unpaired) electrons. The number of carbonyl (C=O) groups is 1. The van der Waals surface area contributed by atoms with Gasteiger partial charge in [0.25, 0.3) is 0 Å². The summed E-state index contributed by atoms with van der Waals surface area (Å²) in [4.78, 5) is 11.9. The van der Waals surface area contributed by atoms with E-state index in [0.717, 1.165) is 6.42 Å². The Morgan fingerprint density at radius 1 is 1.29 bits per heavy atom. The lowest BCUT2D eigenvalue weighted by molar-refractivity contribution is -0.166. The summed E-state index contributed by atoms with van der Waals surface area (Å²) in [5, 5.41) is 19.5. The molecule has 100 valence electrons. The van der Waals surface area contributed by atoms with E-state index in [-0.39, 0.29) is 17.8 Å². The topological polar surface area (TPSA) is 66.8 Å². The van der Waals surface area contributed by atoms with Gasteiger partial charge in [0.05, 0.1) is 18.1 Å². The zero-order valence-corrected chi connectivity index (χ0v) is 11.1. The molecule has 4 atom stereocenters. The molecule has 0 aromatic carbocycles. The van der Waals surface area contributed by atoms with Crippen LogP contribution in [0.5, 0.6) is 0 Å². The molecular formula is C13H24O4. The van der Waals surface area contributed by atoms with Gasteiger partial charge in [-0.3, -0.25) is 4.79 Å². The van der Waals surface area contributed by atoms with Crippen LogP contribution >= 0.6 is 0 Å². The molecule has 0 aromatic heterocycles. The van der Waals surface area contributed by atoms with E-state index in [9.17, 15) is 15.0 Å². The van der Waals surface area contributed by atoms with Gasteiger partial charge < -0.3 is 14.9 Å². The zero-order chi connectivity index (χ0) is 13.2. The average Bonchev–Trinajstić information content (AvgIpc) is 2.19. The quantitative estimate of drug-likeness (QED) is 0.722. The molecule has 1 aliphatic carbocycles. The maximum absolute atomic E-state index is 11.9. The lowest BCUT2D eigenvalue weighted by Gasteiger charge is -2.36. The van der Waals surface area contributed by atoms with Crippen LogP contribution in [0.4, 0.5) is 0 Å². The molecule has 0 aromatic rings. The molecule has 4 unspecified atom stereocenters. The molecule has 1 fully saturated rings. The molecule has 0 heterocycles. The Balaban J connectivity index is 2.63. The molecule has 1 saturated carbocycles. The van der Waals surface area contributed by atoms with E-state index in [1.165, 1.54) is 0 Å². The highest BCUT2D eigenvalue weighted by atomic mass is 16.6. The molecule has 0 saturated heterocycles. The zero-order valence-electron chi connectivity index (χ0n) is 11.1. The van der Waals surface area contributed by atoms with Crippen LogP contribution in [0.15, 0.2) is 0 Å². The second-order valence-electron chi connectivity index (χ2n) is 5.93. The van der Waals surface area contributed by atoms with Crippen LogP contribution in [0.2, 0.25) is 0 Å². The van der Waals surface area contributed by atoms with Crippen molar-refractivity contribution in [1.29, 1.82) is 0 Å². The van der Waals surface area contributed by atoms with Crippen molar-refractivity contribution in [2.75, 3.05) is 0 Å². The van der Waals surface area contributed by atoms with Crippen molar-refractivity contribution in [2.24, 2.45) is 11.8 Å². The number of esters is 1. The van der Waals surface area contributed by atoms with E-state index in [1.54, 1.807) is 0 Å². The van der Waals surface area contributed by atoms with Gasteiger partial charge >= 0.3 is 5.97 Å². The lowest BCUT2D eigenvalue weighted by atomic mass is 9.76. The molecular weight excluding hydrogens is 220 g/mol. The van der Waals surface area contributed by atoms with Gasteiger partial charge in [0, 0.05) is 0 Å². The molecule has 4 heteroatoms. The highest BCUT2D eigenvalue weighted by molar-refractivity contribution is 5.73. The Hall–Kier alpha value is -0.610. The predicted molar refractivity (Wildman–Crippen MR) is 64.4 cm³/mol. The Morgan fingerprint density at radius 3 is 2.35 bits per heavy atom. The van der Waals surface area contributed by atoms with E-state index in [2.05, 4.69) is 0 Å². The van der Waals surface area contributed by atoms with Gasteiger partial charge in [0.2, 0.25) is 0 Å². The molecule has 4 nitrogen and oxygen atoms in total. The number of aliphatic hydroxyl groups is 2. The number of hydrogen-bond donors (Lipinski definition) is 2. The van der Waals surface area contributed by atoms with Gasteiger partial charge in [0.15, 0.2) is 0 Å². The second kappa shape index (κ2) is 5.36. The highest BCUT2D eigenvalue weighted by Gasteiger charge is 2.39. The summed E-state index contributed by atoms with van der Waals surface area (Å²) in [5.74, 6) is -0.573. The molecule has 0 aliphatic heterocycles. The molecule has 2 N–H and O–H groups in total. The van der Waals surface area contributed by atoms with Crippen molar-refractivity contribution in [3.8, 4) is 0 Å². The molecule has 1 aliphatic rings. The monoisotopic (exact) mass is 244 g/mol. The van der Waals surface area contributed by atoms with Gasteiger partial charge in [-0.1, -0.05) is 13.3 Å². The van der Waals surface area contributed by atoms with Gasteiger partial charge in [-0.2, -0.15) is 0 Å². The van der Waals surface area contributed by atoms with Crippen molar-refractivity contribution >= 4 is 5.97 Å². The number of ether oxygens (including phenoxy) is 1. The van der Waals surface area contributed by atoms with E-state index < -0.39 is 17.8 Å². The molecule has 17 heavy (non-hydrogen) atoms. The van der Waals surface area contributed by atoms with Gasteiger partial charge in [-0.25, -0.2) is 0 Å². The van der Waals surface area contributed by atoms with Crippen LogP contribution in [0.25, 0.3) is 0 Å². The van der Waals surface area contributed by atoms with Gasteiger partial charge in [-0.15, -0.1) is 0 Å². The summed E-state index contributed by atoms with van der Waals surface area (Å²) < 4.78 is 5.32. The smallest absolute Gasteiger partial charge is 0.309 e. The number of aliphatic hydroxyl groups excluding tert-OH is 2. The summed E-state index contributed by atoms with van der Waals surface area (Å²) in [6.45, 7) is 7.45. The fourth-order valence-electron chi connectivity index (χ4n) is 2.33. The van der Waals surface area contributed by atoms with Gasteiger partial charge in [-0.05, 0) is 39.5 Å².